The number of hydrogen-bond donors (Lipinski definition) is 1. The van der Waals surface area contributed by atoms with Gasteiger partial charge in [0.05, 0.1) is 6.61 Å². The minimum absolute atomic E-state index is 0.0316. The molecule has 2 heteroatoms. The van der Waals surface area contributed by atoms with Crippen molar-refractivity contribution in [3.05, 3.63) is 0 Å². The minimum Gasteiger partial charge on any atom is -0.396 e. The summed E-state index contributed by atoms with van der Waals surface area (Å²) in [7, 11) is 0. The van der Waals surface area contributed by atoms with Gasteiger partial charge in [0, 0.05) is 12.3 Å². The van der Waals surface area contributed by atoms with Gasteiger partial charge < -0.3 is 5.11 Å². The Morgan fingerprint density at radius 1 is 1.45 bits per heavy atom. The number of aliphatic hydroxyl groups excluding tert-OH is 1. The molecule has 0 aromatic rings. The Balaban J connectivity index is 4.29. The van der Waals surface area contributed by atoms with Gasteiger partial charge in [-0.05, 0) is 5.41 Å². The van der Waals surface area contributed by atoms with Crippen molar-refractivity contribution in [2.24, 2.45) is 11.3 Å². The van der Waals surface area contributed by atoms with Crippen molar-refractivity contribution in [3.63, 3.8) is 0 Å². The Bertz CT molecular complexity index is 133. The molecule has 0 amide bonds. The fourth-order valence-electron chi connectivity index (χ4n) is 1.11. The SMILES string of the molecule is CCC(=O)[C@H](CO)C(C)(C)C. The maximum Gasteiger partial charge on any atom is 0.138 e. The molecule has 11 heavy (non-hydrogen) atoms. The lowest BCUT2D eigenvalue weighted by molar-refractivity contribution is -0.127. The van der Waals surface area contributed by atoms with E-state index in [4.69, 9.17) is 5.11 Å². The summed E-state index contributed by atoms with van der Waals surface area (Å²) >= 11 is 0. The fraction of sp³-hybridized carbons (Fsp3) is 0.889. The second-order valence-corrected chi connectivity index (χ2v) is 3.92. The van der Waals surface area contributed by atoms with Gasteiger partial charge in [0.1, 0.15) is 5.78 Å². The van der Waals surface area contributed by atoms with Crippen molar-refractivity contribution in [1.29, 1.82) is 0 Å². The predicted octanol–water partition coefficient (Wildman–Crippen LogP) is 1.62. The average Bonchev–Trinajstić information content (AvgIpc) is 1.86. The smallest absolute Gasteiger partial charge is 0.138 e. The average molecular weight is 158 g/mol. The second kappa shape index (κ2) is 3.86. The van der Waals surface area contributed by atoms with E-state index >= 15 is 0 Å². The maximum atomic E-state index is 11.2. The normalized spacial score (nSPS) is 14.6. The maximum absolute atomic E-state index is 11.2. The summed E-state index contributed by atoms with van der Waals surface area (Å²) in [4.78, 5) is 11.2. The number of aliphatic hydroxyl groups is 1. The molecule has 0 unspecified atom stereocenters. The first-order chi connectivity index (χ1) is 4.93. The van der Waals surface area contributed by atoms with Gasteiger partial charge >= 0.3 is 0 Å². The first-order valence-corrected chi connectivity index (χ1v) is 4.07. The van der Waals surface area contributed by atoms with Crippen LogP contribution in [0.2, 0.25) is 0 Å². The van der Waals surface area contributed by atoms with E-state index in [9.17, 15) is 4.79 Å². The summed E-state index contributed by atoms with van der Waals surface area (Å²) in [5, 5.41) is 8.94. The van der Waals surface area contributed by atoms with Crippen LogP contribution in [-0.4, -0.2) is 17.5 Å². The van der Waals surface area contributed by atoms with Crippen molar-refractivity contribution in [2.45, 2.75) is 34.1 Å². The third-order valence-electron chi connectivity index (χ3n) is 1.97. The van der Waals surface area contributed by atoms with Crippen LogP contribution < -0.4 is 0 Å². The van der Waals surface area contributed by atoms with Crippen LogP contribution in [0.1, 0.15) is 34.1 Å². The number of ketones is 1. The van der Waals surface area contributed by atoms with E-state index < -0.39 is 0 Å². The van der Waals surface area contributed by atoms with Gasteiger partial charge in [-0.1, -0.05) is 27.7 Å². The Labute approximate surface area is 68.6 Å². The van der Waals surface area contributed by atoms with E-state index in [1.807, 2.05) is 27.7 Å². The molecule has 0 radical (unpaired) electrons. The predicted molar refractivity (Wildman–Crippen MR) is 45.3 cm³/mol. The van der Waals surface area contributed by atoms with Crippen molar-refractivity contribution >= 4 is 5.78 Å². The summed E-state index contributed by atoms with van der Waals surface area (Å²) in [5.41, 5.74) is -0.109. The van der Waals surface area contributed by atoms with Gasteiger partial charge in [-0.3, -0.25) is 4.79 Å². The van der Waals surface area contributed by atoms with Gasteiger partial charge in [-0.2, -0.15) is 0 Å². The molecular formula is C9H18O2. The van der Waals surface area contributed by atoms with Crippen molar-refractivity contribution in [1.82, 2.24) is 0 Å². The molecule has 0 aliphatic heterocycles. The minimum atomic E-state index is -0.201. The van der Waals surface area contributed by atoms with Crippen LogP contribution in [0.25, 0.3) is 0 Å². The third-order valence-corrected chi connectivity index (χ3v) is 1.97. The van der Waals surface area contributed by atoms with Crippen LogP contribution in [-0.2, 0) is 4.79 Å². The lowest BCUT2D eigenvalue weighted by Gasteiger charge is -2.27. The number of carbonyl (C=O) groups excluding carboxylic acids is 1. The van der Waals surface area contributed by atoms with Crippen LogP contribution in [0.5, 0.6) is 0 Å². The van der Waals surface area contributed by atoms with Crippen LogP contribution >= 0.6 is 0 Å². The number of carbonyl (C=O) groups is 1. The summed E-state index contributed by atoms with van der Waals surface area (Å²) < 4.78 is 0. The molecule has 0 fully saturated rings. The summed E-state index contributed by atoms with van der Waals surface area (Å²) in [6.07, 6.45) is 0.516. The van der Waals surface area contributed by atoms with Crippen molar-refractivity contribution < 1.29 is 9.90 Å². The third kappa shape index (κ3) is 3.02. The summed E-state index contributed by atoms with van der Waals surface area (Å²) in [6.45, 7) is 7.72. The van der Waals surface area contributed by atoms with Crippen LogP contribution in [0.4, 0.5) is 0 Å². The molecule has 0 aliphatic rings. The molecular weight excluding hydrogens is 140 g/mol. The van der Waals surface area contributed by atoms with Crippen LogP contribution in [0.15, 0.2) is 0 Å². The largest absolute Gasteiger partial charge is 0.396 e. The van der Waals surface area contributed by atoms with Gasteiger partial charge in [-0.25, -0.2) is 0 Å². The summed E-state index contributed by atoms with van der Waals surface area (Å²) in [6, 6.07) is 0. The lowest BCUT2D eigenvalue weighted by atomic mass is 9.78. The molecule has 0 saturated carbocycles. The molecule has 0 bridgehead atoms. The second-order valence-electron chi connectivity index (χ2n) is 3.92. The highest BCUT2D eigenvalue weighted by Crippen LogP contribution is 2.26. The van der Waals surface area contributed by atoms with Crippen LogP contribution in [0.3, 0.4) is 0 Å². The standard InChI is InChI=1S/C9H18O2/c1-5-8(11)7(6-10)9(2,3)4/h7,10H,5-6H2,1-4H3/t7-/m0/s1. The van der Waals surface area contributed by atoms with Gasteiger partial charge in [0.25, 0.3) is 0 Å². The zero-order valence-corrected chi connectivity index (χ0v) is 7.85. The number of rotatable bonds is 3. The van der Waals surface area contributed by atoms with Crippen LogP contribution in [0, 0.1) is 11.3 Å². The fourth-order valence-corrected chi connectivity index (χ4v) is 1.11. The number of Topliss-reactive ketones (excluding diaryl/α,β-unsaturated/α-hetero) is 1. The lowest BCUT2D eigenvalue weighted by Crippen LogP contribution is -2.31. The highest BCUT2D eigenvalue weighted by atomic mass is 16.3. The van der Waals surface area contributed by atoms with E-state index in [0.717, 1.165) is 0 Å². The Hall–Kier alpha value is -0.370. The van der Waals surface area contributed by atoms with Crippen molar-refractivity contribution in [2.75, 3.05) is 6.61 Å². The molecule has 0 aliphatic carbocycles. The molecule has 0 aromatic carbocycles. The molecule has 0 spiro atoms. The Kier molecular flexibility index (Phi) is 3.73. The zero-order valence-electron chi connectivity index (χ0n) is 7.85. The van der Waals surface area contributed by atoms with Gasteiger partial charge in [-0.15, -0.1) is 0 Å². The monoisotopic (exact) mass is 158 g/mol. The Morgan fingerprint density at radius 2 is 1.91 bits per heavy atom. The van der Waals surface area contributed by atoms with E-state index in [-0.39, 0.29) is 23.7 Å². The Morgan fingerprint density at radius 3 is 2.00 bits per heavy atom. The first kappa shape index (κ1) is 10.6. The number of hydrogen-bond acceptors (Lipinski definition) is 2. The van der Waals surface area contributed by atoms with E-state index in [1.165, 1.54) is 0 Å². The van der Waals surface area contributed by atoms with Gasteiger partial charge in [0.2, 0.25) is 0 Å². The molecule has 1 atom stereocenters. The highest BCUT2D eigenvalue weighted by molar-refractivity contribution is 5.81. The molecule has 66 valence electrons. The summed E-state index contributed by atoms with van der Waals surface area (Å²) in [5.74, 6) is -0.0486. The molecule has 0 saturated heterocycles. The quantitative estimate of drug-likeness (QED) is 0.677. The zero-order chi connectivity index (χ0) is 9.07. The van der Waals surface area contributed by atoms with E-state index in [1.54, 1.807) is 0 Å². The molecule has 2 nitrogen and oxygen atoms in total. The topological polar surface area (TPSA) is 37.3 Å². The first-order valence-electron chi connectivity index (χ1n) is 4.07. The van der Waals surface area contributed by atoms with Gasteiger partial charge in [0.15, 0.2) is 0 Å². The van der Waals surface area contributed by atoms with Crippen molar-refractivity contribution in [3.8, 4) is 0 Å². The van der Waals surface area contributed by atoms with E-state index in [0.29, 0.717) is 6.42 Å². The van der Waals surface area contributed by atoms with E-state index in [2.05, 4.69) is 0 Å². The molecule has 0 heterocycles. The molecule has 0 rings (SSSR count). The molecule has 0 aromatic heterocycles. The molecule has 1 N–H and O–H groups in total. The highest BCUT2D eigenvalue weighted by Gasteiger charge is 2.28.